The van der Waals surface area contributed by atoms with Gasteiger partial charge in [-0.05, 0) is 13.8 Å². The normalized spacial score (nSPS) is 33.2. The fourth-order valence-electron chi connectivity index (χ4n) is 2.08. The van der Waals surface area contributed by atoms with Crippen LogP contribution < -0.4 is 10.6 Å². The second-order valence-electron chi connectivity index (χ2n) is 4.41. The maximum Gasteiger partial charge on any atom is 0.0566 e. The SMILES string of the molecule is CC1CNCC(C)(c2cnn(C)c2)N1. The third-order valence-corrected chi connectivity index (χ3v) is 2.84. The lowest BCUT2D eigenvalue weighted by Crippen LogP contribution is -2.59. The number of nitrogens with zero attached hydrogens (tertiary/aromatic N) is 2. The van der Waals surface area contributed by atoms with E-state index in [4.69, 9.17) is 0 Å². The van der Waals surface area contributed by atoms with Gasteiger partial charge in [-0.3, -0.25) is 4.68 Å². The van der Waals surface area contributed by atoms with Crippen molar-refractivity contribution in [1.29, 1.82) is 0 Å². The van der Waals surface area contributed by atoms with E-state index in [2.05, 4.69) is 35.8 Å². The number of aryl methyl sites for hydroxylation is 1. The molecule has 0 spiro atoms. The predicted molar refractivity (Wildman–Crippen MR) is 56.0 cm³/mol. The zero-order valence-corrected chi connectivity index (χ0v) is 9.04. The lowest BCUT2D eigenvalue weighted by atomic mass is 9.91. The molecule has 2 rings (SSSR count). The van der Waals surface area contributed by atoms with Gasteiger partial charge in [-0.1, -0.05) is 0 Å². The Bertz CT molecular complexity index is 320. The van der Waals surface area contributed by atoms with E-state index in [1.54, 1.807) is 0 Å². The maximum absolute atomic E-state index is 4.21. The summed E-state index contributed by atoms with van der Waals surface area (Å²) in [6, 6.07) is 0.508. The minimum absolute atomic E-state index is 0.0198. The first-order valence-electron chi connectivity index (χ1n) is 5.08. The van der Waals surface area contributed by atoms with Crippen LogP contribution in [-0.2, 0) is 12.6 Å². The van der Waals surface area contributed by atoms with E-state index in [1.165, 1.54) is 5.56 Å². The molecule has 4 nitrogen and oxygen atoms in total. The number of piperazine rings is 1. The summed E-state index contributed by atoms with van der Waals surface area (Å²) in [5.41, 5.74) is 1.27. The van der Waals surface area contributed by atoms with Gasteiger partial charge in [0.25, 0.3) is 0 Å². The predicted octanol–water partition coefficient (Wildman–Crippen LogP) is 0.217. The first-order valence-corrected chi connectivity index (χ1v) is 5.08. The van der Waals surface area contributed by atoms with Gasteiger partial charge in [0.2, 0.25) is 0 Å². The molecule has 1 aliphatic heterocycles. The molecule has 0 radical (unpaired) electrons. The van der Waals surface area contributed by atoms with E-state index in [1.807, 2.05) is 17.9 Å². The van der Waals surface area contributed by atoms with Gasteiger partial charge in [0.05, 0.1) is 11.7 Å². The summed E-state index contributed by atoms with van der Waals surface area (Å²) >= 11 is 0. The Hall–Kier alpha value is -0.870. The smallest absolute Gasteiger partial charge is 0.0566 e. The molecule has 1 fully saturated rings. The van der Waals surface area contributed by atoms with Crippen molar-refractivity contribution in [3.63, 3.8) is 0 Å². The molecule has 2 heterocycles. The summed E-state index contributed by atoms with van der Waals surface area (Å²) in [6.45, 7) is 6.41. The molecule has 0 aromatic carbocycles. The van der Waals surface area contributed by atoms with Gasteiger partial charge >= 0.3 is 0 Å². The Kier molecular flexibility index (Phi) is 2.33. The van der Waals surface area contributed by atoms with E-state index in [0.29, 0.717) is 6.04 Å². The van der Waals surface area contributed by atoms with Crippen LogP contribution in [0.2, 0.25) is 0 Å². The first-order chi connectivity index (χ1) is 6.60. The molecule has 0 amide bonds. The molecule has 1 aromatic rings. The zero-order chi connectivity index (χ0) is 10.2. The monoisotopic (exact) mass is 194 g/mol. The third-order valence-electron chi connectivity index (χ3n) is 2.84. The Balaban J connectivity index is 2.22. The van der Waals surface area contributed by atoms with Crippen LogP contribution >= 0.6 is 0 Å². The van der Waals surface area contributed by atoms with Crippen LogP contribution in [0.25, 0.3) is 0 Å². The minimum Gasteiger partial charge on any atom is -0.313 e. The number of hydrogen-bond acceptors (Lipinski definition) is 3. The van der Waals surface area contributed by atoms with E-state index in [-0.39, 0.29) is 5.54 Å². The van der Waals surface area contributed by atoms with Gasteiger partial charge in [0.15, 0.2) is 0 Å². The summed E-state index contributed by atoms with van der Waals surface area (Å²) in [5, 5.41) is 11.3. The van der Waals surface area contributed by atoms with Crippen LogP contribution in [0, 0.1) is 0 Å². The van der Waals surface area contributed by atoms with E-state index < -0.39 is 0 Å². The van der Waals surface area contributed by atoms with Crippen LogP contribution in [0.4, 0.5) is 0 Å². The molecule has 4 heteroatoms. The Morgan fingerprint density at radius 2 is 2.43 bits per heavy atom. The summed E-state index contributed by atoms with van der Waals surface area (Å²) in [4.78, 5) is 0. The first kappa shape index (κ1) is 9.68. The van der Waals surface area contributed by atoms with Crippen LogP contribution in [0.3, 0.4) is 0 Å². The fraction of sp³-hybridized carbons (Fsp3) is 0.700. The Morgan fingerprint density at radius 3 is 3.00 bits per heavy atom. The molecule has 1 saturated heterocycles. The van der Waals surface area contributed by atoms with E-state index >= 15 is 0 Å². The van der Waals surface area contributed by atoms with Crippen molar-refractivity contribution in [3.8, 4) is 0 Å². The highest BCUT2D eigenvalue weighted by Crippen LogP contribution is 2.21. The number of aromatic nitrogens is 2. The maximum atomic E-state index is 4.21. The second kappa shape index (κ2) is 3.37. The van der Waals surface area contributed by atoms with Crippen LogP contribution in [-0.4, -0.2) is 28.9 Å². The lowest BCUT2D eigenvalue weighted by molar-refractivity contribution is 0.255. The van der Waals surface area contributed by atoms with Gasteiger partial charge in [-0.15, -0.1) is 0 Å². The second-order valence-corrected chi connectivity index (χ2v) is 4.41. The molecule has 2 atom stereocenters. The molecule has 0 aliphatic carbocycles. The van der Waals surface area contributed by atoms with Gasteiger partial charge < -0.3 is 10.6 Å². The van der Waals surface area contributed by atoms with Crippen LogP contribution in [0.15, 0.2) is 12.4 Å². The van der Waals surface area contributed by atoms with Crippen LogP contribution in [0.1, 0.15) is 19.4 Å². The van der Waals surface area contributed by atoms with Gasteiger partial charge in [0.1, 0.15) is 0 Å². The average molecular weight is 194 g/mol. The number of rotatable bonds is 1. The lowest BCUT2D eigenvalue weighted by Gasteiger charge is -2.38. The molecule has 1 aromatic heterocycles. The molecular formula is C10H18N4. The van der Waals surface area contributed by atoms with Gasteiger partial charge in [-0.25, -0.2) is 0 Å². The average Bonchev–Trinajstić information content (AvgIpc) is 2.52. The summed E-state index contributed by atoms with van der Waals surface area (Å²) < 4.78 is 1.85. The number of hydrogen-bond donors (Lipinski definition) is 2. The van der Waals surface area contributed by atoms with Gasteiger partial charge in [-0.2, -0.15) is 5.10 Å². The highest BCUT2D eigenvalue weighted by Gasteiger charge is 2.31. The topological polar surface area (TPSA) is 41.9 Å². The molecule has 2 unspecified atom stereocenters. The van der Waals surface area contributed by atoms with Crippen molar-refractivity contribution < 1.29 is 0 Å². The van der Waals surface area contributed by atoms with Gasteiger partial charge in [0, 0.05) is 37.9 Å². The van der Waals surface area contributed by atoms with E-state index in [9.17, 15) is 0 Å². The largest absolute Gasteiger partial charge is 0.313 e. The molecule has 0 saturated carbocycles. The molecule has 1 aliphatic rings. The minimum atomic E-state index is 0.0198. The highest BCUT2D eigenvalue weighted by molar-refractivity contribution is 5.19. The van der Waals surface area contributed by atoms with Crippen molar-refractivity contribution in [2.24, 2.45) is 7.05 Å². The summed E-state index contributed by atoms with van der Waals surface area (Å²) in [5.74, 6) is 0. The van der Waals surface area contributed by atoms with Crippen molar-refractivity contribution in [3.05, 3.63) is 18.0 Å². The third kappa shape index (κ3) is 1.67. The fourth-order valence-corrected chi connectivity index (χ4v) is 2.08. The Morgan fingerprint density at radius 1 is 1.64 bits per heavy atom. The van der Waals surface area contributed by atoms with Crippen molar-refractivity contribution >= 4 is 0 Å². The summed E-state index contributed by atoms with van der Waals surface area (Å²) in [6.07, 6.45) is 4.01. The molecule has 2 N–H and O–H groups in total. The van der Waals surface area contributed by atoms with Crippen LogP contribution in [0.5, 0.6) is 0 Å². The molecule has 78 valence electrons. The van der Waals surface area contributed by atoms with E-state index in [0.717, 1.165) is 13.1 Å². The van der Waals surface area contributed by atoms with Crippen molar-refractivity contribution in [2.45, 2.75) is 25.4 Å². The Labute approximate surface area is 84.7 Å². The quantitative estimate of drug-likeness (QED) is 0.672. The summed E-state index contributed by atoms with van der Waals surface area (Å²) in [7, 11) is 1.95. The molecule has 0 bridgehead atoms. The molecular weight excluding hydrogens is 176 g/mol. The molecule has 14 heavy (non-hydrogen) atoms. The van der Waals surface area contributed by atoms with Crippen molar-refractivity contribution in [2.75, 3.05) is 13.1 Å². The zero-order valence-electron chi connectivity index (χ0n) is 9.04. The number of nitrogens with one attached hydrogen (secondary N) is 2. The van der Waals surface area contributed by atoms with Crippen molar-refractivity contribution in [1.82, 2.24) is 20.4 Å². The highest BCUT2D eigenvalue weighted by atomic mass is 15.2. The standard InChI is InChI=1S/C10H18N4/c1-8-4-11-7-10(2,13-8)9-5-12-14(3)6-9/h5-6,8,11,13H,4,7H2,1-3H3.